The van der Waals surface area contributed by atoms with Gasteiger partial charge in [-0.3, -0.25) is 9.59 Å². The lowest BCUT2D eigenvalue weighted by molar-refractivity contribution is -0.143. The van der Waals surface area contributed by atoms with Crippen LogP contribution in [0.15, 0.2) is 12.2 Å². The Morgan fingerprint density at radius 2 is 0.639 bits per heavy atom. The monoisotopic (exact) mass is 1020 g/mol. The Labute approximate surface area is 450 Å². The van der Waals surface area contributed by atoms with Crippen LogP contribution in [0.3, 0.4) is 0 Å². The van der Waals surface area contributed by atoms with Crippen LogP contribution >= 0.6 is 0 Å². The maximum Gasteiger partial charge on any atom is 0.305 e. The van der Waals surface area contributed by atoms with Crippen molar-refractivity contribution in [3.8, 4) is 0 Å². The number of aliphatic hydroxyl groups is 2. The first kappa shape index (κ1) is 70.6. The third-order valence-corrected chi connectivity index (χ3v) is 15.6. The van der Waals surface area contributed by atoms with Gasteiger partial charge in [0.25, 0.3) is 0 Å². The first-order valence-electron chi connectivity index (χ1n) is 33.0. The fourth-order valence-corrected chi connectivity index (χ4v) is 10.5. The highest BCUT2D eigenvalue weighted by molar-refractivity contribution is 5.76. The summed E-state index contributed by atoms with van der Waals surface area (Å²) in [4.78, 5) is 24.6. The normalized spacial score (nSPS) is 12.6. The first-order chi connectivity index (χ1) is 35.5. The highest BCUT2D eigenvalue weighted by atomic mass is 16.5. The molecule has 3 N–H and O–H groups in total. The van der Waals surface area contributed by atoms with Gasteiger partial charge in [0.2, 0.25) is 5.91 Å². The van der Waals surface area contributed by atoms with E-state index in [2.05, 4.69) is 19.2 Å². The second-order valence-electron chi connectivity index (χ2n) is 22.8. The summed E-state index contributed by atoms with van der Waals surface area (Å²) in [6.45, 7) is 4.94. The van der Waals surface area contributed by atoms with E-state index in [0.717, 1.165) is 38.5 Å². The highest BCUT2D eigenvalue weighted by Gasteiger charge is 2.18. The van der Waals surface area contributed by atoms with Crippen LogP contribution in [0, 0.1) is 0 Å². The van der Waals surface area contributed by atoms with Gasteiger partial charge in [0.1, 0.15) is 0 Å². The summed E-state index contributed by atoms with van der Waals surface area (Å²) in [5.41, 5.74) is 0. The second kappa shape index (κ2) is 62.1. The number of carbonyl (C=O) groups excluding carboxylic acids is 2. The van der Waals surface area contributed by atoms with Crippen molar-refractivity contribution in [1.82, 2.24) is 5.32 Å². The van der Waals surface area contributed by atoms with Crippen LogP contribution in [0.4, 0.5) is 0 Å². The molecule has 0 aromatic carbocycles. The quantitative estimate of drug-likeness (QED) is 0.0320. The summed E-state index contributed by atoms with van der Waals surface area (Å²) in [5, 5.41) is 23.2. The standard InChI is InChI=1S/C66H129NO5/c1-3-5-7-9-11-13-15-17-19-27-32-36-40-44-48-52-56-60-66(71)72-61-57-53-49-45-41-37-33-29-26-24-22-21-23-25-28-31-35-39-43-47-51-55-59-65(70)67-63(62-68)64(69)58-54-50-46-42-38-34-30-20-18-16-14-12-10-8-6-4-2/h54,58,63-64,68-69H,3-53,55-57,59-62H2,1-2H3,(H,67,70)/b58-54+. The van der Waals surface area contributed by atoms with Gasteiger partial charge in [-0.05, 0) is 32.1 Å². The summed E-state index contributed by atoms with van der Waals surface area (Å²) in [6, 6.07) is -0.627. The Hall–Kier alpha value is -1.40. The second-order valence-corrected chi connectivity index (χ2v) is 22.8. The Kier molecular flexibility index (Phi) is 60.9. The molecule has 0 aliphatic heterocycles. The van der Waals surface area contributed by atoms with Crippen LogP contribution in [0.25, 0.3) is 0 Å². The fourth-order valence-electron chi connectivity index (χ4n) is 10.5. The molecule has 0 aliphatic rings. The molecular formula is C66H129NO5. The van der Waals surface area contributed by atoms with E-state index in [4.69, 9.17) is 4.74 Å². The number of rotatable bonds is 62. The summed E-state index contributed by atoms with van der Waals surface area (Å²) in [5.74, 6) is -0.0476. The van der Waals surface area contributed by atoms with E-state index in [-0.39, 0.29) is 18.5 Å². The Morgan fingerprint density at radius 1 is 0.375 bits per heavy atom. The van der Waals surface area contributed by atoms with Crippen molar-refractivity contribution in [3.05, 3.63) is 12.2 Å². The molecule has 0 saturated heterocycles. The third kappa shape index (κ3) is 57.9. The van der Waals surface area contributed by atoms with Crippen molar-refractivity contribution in [2.24, 2.45) is 0 Å². The molecule has 0 bridgehead atoms. The summed E-state index contributed by atoms with van der Waals surface area (Å²) in [7, 11) is 0. The zero-order valence-corrected chi connectivity index (χ0v) is 48.9. The van der Waals surface area contributed by atoms with E-state index in [1.807, 2.05) is 6.08 Å². The van der Waals surface area contributed by atoms with Crippen LogP contribution in [-0.2, 0) is 14.3 Å². The number of allylic oxidation sites excluding steroid dienone is 1. The van der Waals surface area contributed by atoms with Gasteiger partial charge in [-0.15, -0.1) is 0 Å². The van der Waals surface area contributed by atoms with Crippen LogP contribution in [0.2, 0.25) is 0 Å². The first-order valence-corrected chi connectivity index (χ1v) is 33.0. The number of unbranched alkanes of at least 4 members (excludes halogenated alkanes) is 51. The van der Waals surface area contributed by atoms with Crippen LogP contribution in [0.1, 0.15) is 373 Å². The van der Waals surface area contributed by atoms with Gasteiger partial charge in [-0.25, -0.2) is 0 Å². The third-order valence-electron chi connectivity index (χ3n) is 15.6. The van der Waals surface area contributed by atoms with Crippen molar-refractivity contribution in [3.63, 3.8) is 0 Å². The van der Waals surface area contributed by atoms with E-state index in [1.54, 1.807) is 6.08 Å². The minimum atomic E-state index is -0.844. The Morgan fingerprint density at radius 3 is 0.944 bits per heavy atom. The number of hydrogen-bond acceptors (Lipinski definition) is 5. The molecule has 0 saturated carbocycles. The number of nitrogens with one attached hydrogen (secondary N) is 1. The van der Waals surface area contributed by atoms with Gasteiger partial charge in [0, 0.05) is 12.8 Å². The van der Waals surface area contributed by atoms with E-state index >= 15 is 0 Å². The average molecular weight is 1020 g/mol. The lowest BCUT2D eigenvalue weighted by atomic mass is 10.0. The van der Waals surface area contributed by atoms with Crippen molar-refractivity contribution >= 4 is 11.9 Å². The number of hydrogen-bond donors (Lipinski definition) is 3. The van der Waals surface area contributed by atoms with Crippen molar-refractivity contribution < 1.29 is 24.5 Å². The van der Waals surface area contributed by atoms with Crippen molar-refractivity contribution in [1.29, 1.82) is 0 Å². The molecule has 0 heterocycles. The van der Waals surface area contributed by atoms with Crippen LogP contribution in [0.5, 0.6) is 0 Å². The molecule has 6 nitrogen and oxygen atoms in total. The molecule has 0 rings (SSSR count). The van der Waals surface area contributed by atoms with E-state index in [9.17, 15) is 19.8 Å². The number of ether oxygens (including phenoxy) is 1. The van der Waals surface area contributed by atoms with Gasteiger partial charge < -0.3 is 20.3 Å². The molecule has 0 spiro atoms. The Bertz CT molecular complexity index is 1080. The molecule has 0 aromatic heterocycles. The summed E-state index contributed by atoms with van der Waals surface area (Å²) >= 11 is 0. The largest absolute Gasteiger partial charge is 0.466 e. The smallest absolute Gasteiger partial charge is 0.305 e. The molecule has 0 aromatic rings. The van der Waals surface area contributed by atoms with Crippen LogP contribution < -0.4 is 5.32 Å². The van der Waals surface area contributed by atoms with E-state index < -0.39 is 12.1 Å². The fraction of sp³-hybridized carbons (Fsp3) is 0.939. The molecule has 2 unspecified atom stereocenters. The molecule has 72 heavy (non-hydrogen) atoms. The van der Waals surface area contributed by atoms with Gasteiger partial charge >= 0.3 is 5.97 Å². The average Bonchev–Trinajstić information content (AvgIpc) is 3.38. The highest BCUT2D eigenvalue weighted by Crippen LogP contribution is 2.19. The molecule has 1 amide bonds. The molecule has 2 atom stereocenters. The summed E-state index contributed by atoms with van der Waals surface area (Å²) in [6.07, 6.45) is 75.5. The van der Waals surface area contributed by atoms with Gasteiger partial charge in [0.15, 0.2) is 0 Å². The van der Waals surface area contributed by atoms with Crippen LogP contribution in [-0.4, -0.2) is 47.4 Å². The molecule has 6 heteroatoms. The molecule has 0 radical (unpaired) electrons. The van der Waals surface area contributed by atoms with Gasteiger partial charge in [-0.1, -0.05) is 341 Å². The minimum absolute atomic E-state index is 0.0175. The summed E-state index contributed by atoms with van der Waals surface area (Å²) < 4.78 is 5.50. The lowest BCUT2D eigenvalue weighted by Gasteiger charge is -2.20. The maximum absolute atomic E-state index is 12.5. The zero-order chi connectivity index (χ0) is 52.2. The zero-order valence-electron chi connectivity index (χ0n) is 48.9. The van der Waals surface area contributed by atoms with Crippen molar-refractivity contribution in [2.75, 3.05) is 13.2 Å². The Balaban J connectivity index is 3.37. The van der Waals surface area contributed by atoms with E-state index in [0.29, 0.717) is 19.4 Å². The topological polar surface area (TPSA) is 95.9 Å². The molecular weight excluding hydrogens is 887 g/mol. The number of esters is 1. The molecule has 0 fully saturated rings. The van der Waals surface area contributed by atoms with Gasteiger partial charge in [-0.2, -0.15) is 0 Å². The number of carbonyl (C=O) groups is 2. The molecule has 428 valence electrons. The number of aliphatic hydroxyl groups excluding tert-OH is 2. The predicted octanol–water partition coefficient (Wildman–Crippen LogP) is 20.8. The van der Waals surface area contributed by atoms with E-state index in [1.165, 1.54) is 308 Å². The van der Waals surface area contributed by atoms with Crippen molar-refractivity contribution in [2.45, 2.75) is 386 Å². The number of amides is 1. The predicted molar refractivity (Wildman–Crippen MR) is 315 cm³/mol. The lowest BCUT2D eigenvalue weighted by Crippen LogP contribution is -2.45. The maximum atomic E-state index is 12.5. The SMILES string of the molecule is CCCCCCCCCCCCCCCC/C=C/C(O)C(CO)NC(=O)CCCCCCCCCCCCCCCCCCCCCCCCOC(=O)CCCCCCCCCCCCCCCCCCC. The van der Waals surface area contributed by atoms with Gasteiger partial charge in [0.05, 0.1) is 25.4 Å². The minimum Gasteiger partial charge on any atom is -0.466 e. The molecule has 0 aliphatic carbocycles.